The number of ketones is 1. The molecule has 0 unspecified atom stereocenters. The van der Waals surface area contributed by atoms with E-state index in [4.69, 9.17) is 0 Å². The van der Waals surface area contributed by atoms with Crippen molar-refractivity contribution in [3.05, 3.63) is 101 Å². The molecule has 8 heteroatoms. The van der Waals surface area contributed by atoms with E-state index in [2.05, 4.69) is 21.3 Å². The number of carbonyl (C=O) groups excluding carboxylic acids is 1. The Bertz CT molecular complexity index is 1610. The molecule has 0 saturated carbocycles. The summed E-state index contributed by atoms with van der Waals surface area (Å²) in [5.41, 5.74) is 3.90. The van der Waals surface area contributed by atoms with Crippen LogP contribution in [0.4, 0.5) is 0 Å². The first kappa shape index (κ1) is 21.9. The average molecular weight is 470 g/mol. The predicted octanol–water partition coefficient (Wildman–Crippen LogP) is 4.61. The van der Waals surface area contributed by atoms with Crippen LogP contribution in [0.3, 0.4) is 0 Å². The van der Waals surface area contributed by atoms with E-state index in [1.807, 2.05) is 78.9 Å². The molecule has 3 heterocycles. The van der Waals surface area contributed by atoms with Gasteiger partial charge in [-0.3, -0.25) is 14.0 Å². The van der Waals surface area contributed by atoms with Crippen molar-refractivity contribution in [1.29, 1.82) is 0 Å². The Morgan fingerprint density at radius 2 is 1.79 bits per heavy atom. The number of hydrogen-bond donors (Lipinski definition) is 0. The lowest BCUT2D eigenvalue weighted by molar-refractivity contribution is 0.102. The fraction of sp³-hybridized carbons (Fsp3) is 0.154. The molecule has 2 aromatic carbocycles. The van der Waals surface area contributed by atoms with Gasteiger partial charge in [0.15, 0.2) is 10.9 Å². The number of hydrogen-bond acceptors (Lipinski definition) is 5. The Kier molecular flexibility index (Phi) is 5.67. The molecule has 7 nitrogen and oxygen atoms in total. The van der Waals surface area contributed by atoms with Crippen molar-refractivity contribution in [1.82, 2.24) is 23.7 Å². The second kappa shape index (κ2) is 8.79. The largest absolute Gasteiger partial charge is 0.345 e. The third-order valence-corrected chi connectivity index (χ3v) is 6.86. The van der Waals surface area contributed by atoms with E-state index < -0.39 is 0 Å². The fourth-order valence-electron chi connectivity index (χ4n) is 4.28. The van der Waals surface area contributed by atoms with E-state index in [0.717, 1.165) is 11.4 Å². The van der Waals surface area contributed by atoms with Crippen LogP contribution in [0.5, 0.6) is 0 Å². The lowest BCUT2D eigenvalue weighted by Crippen LogP contribution is -2.21. The molecular formula is C26H23N5O2S. The van der Waals surface area contributed by atoms with Gasteiger partial charge in [-0.1, -0.05) is 48.2 Å². The van der Waals surface area contributed by atoms with Crippen LogP contribution in [0.15, 0.2) is 83.3 Å². The quantitative estimate of drug-likeness (QED) is 0.198. The fourth-order valence-corrected chi connectivity index (χ4v) is 5.11. The zero-order chi connectivity index (χ0) is 23.8. The van der Waals surface area contributed by atoms with Crippen LogP contribution in [-0.4, -0.2) is 35.3 Å². The number of nitrogens with zero attached hydrogens (tertiary/aromatic N) is 5. The first-order chi connectivity index (χ1) is 16.5. The van der Waals surface area contributed by atoms with Gasteiger partial charge in [-0.05, 0) is 44.2 Å². The minimum Gasteiger partial charge on any atom is -0.345 e. The summed E-state index contributed by atoms with van der Waals surface area (Å²) in [6, 6.07) is 18.7. The summed E-state index contributed by atoms with van der Waals surface area (Å²) in [5.74, 6) is 0.637. The molecule has 34 heavy (non-hydrogen) atoms. The molecule has 0 bridgehead atoms. The topological polar surface area (TPSA) is 74.2 Å². The van der Waals surface area contributed by atoms with Crippen LogP contribution in [0, 0.1) is 13.8 Å². The first-order valence-corrected chi connectivity index (χ1v) is 11.9. The molecule has 0 atom stereocenters. The summed E-state index contributed by atoms with van der Waals surface area (Å²) in [4.78, 5) is 26.4. The number of para-hydroxylation sites is 2. The van der Waals surface area contributed by atoms with E-state index in [-0.39, 0.29) is 17.1 Å². The highest BCUT2D eigenvalue weighted by atomic mass is 32.2. The van der Waals surface area contributed by atoms with Gasteiger partial charge in [0.05, 0.1) is 22.3 Å². The minimum absolute atomic E-state index is 0.0193. The van der Waals surface area contributed by atoms with Gasteiger partial charge in [-0.15, -0.1) is 16.8 Å². The van der Waals surface area contributed by atoms with Crippen molar-refractivity contribution in [2.45, 2.75) is 25.5 Å². The van der Waals surface area contributed by atoms with Crippen molar-refractivity contribution < 1.29 is 4.79 Å². The number of Topliss-reactive ketones (excluding diaryl/α,β-unsaturated/α-hetero) is 1. The summed E-state index contributed by atoms with van der Waals surface area (Å²) in [7, 11) is 0. The van der Waals surface area contributed by atoms with Crippen molar-refractivity contribution in [2.75, 3.05) is 5.75 Å². The molecule has 0 aliphatic heterocycles. The summed E-state index contributed by atoms with van der Waals surface area (Å²) in [6.07, 6.45) is 1.82. The molecule has 0 fully saturated rings. The van der Waals surface area contributed by atoms with Gasteiger partial charge in [0.25, 0.3) is 5.56 Å². The standard InChI is InChI=1S/C26H23N5O2S/c1-4-14-29-17(2)15-21(18(29)3)23(32)16-34-26-28-27-25-30(19-10-6-5-7-11-19)24(33)20-12-8-9-13-22(20)31(25)26/h4-13,15H,1,14,16H2,2-3H3. The summed E-state index contributed by atoms with van der Waals surface area (Å²) in [5, 5.41) is 9.82. The maximum Gasteiger partial charge on any atom is 0.267 e. The maximum absolute atomic E-state index is 13.3. The Morgan fingerprint density at radius 3 is 2.56 bits per heavy atom. The number of aryl methyl sites for hydroxylation is 1. The van der Waals surface area contributed by atoms with Crippen LogP contribution in [0.1, 0.15) is 21.7 Å². The summed E-state index contributed by atoms with van der Waals surface area (Å²) >= 11 is 1.32. The number of aromatic nitrogens is 5. The third-order valence-electron chi connectivity index (χ3n) is 5.93. The van der Waals surface area contributed by atoms with Crippen molar-refractivity contribution in [3.8, 4) is 5.69 Å². The molecule has 3 aromatic heterocycles. The van der Waals surface area contributed by atoms with Gasteiger partial charge < -0.3 is 4.57 Å². The Morgan fingerprint density at radius 1 is 1.06 bits per heavy atom. The Labute approximate surface area is 200 Å². The molecular weight excluding hydrogens is 446 g/mol. The van der Waals surface area contributed by atoms with Crippen molar-refractivity contribution >= 4 is 34.2 Å². The number of allylic oxidation sites excluding steroid dienone is 1. The number of thioether (sulfide) groups is 1. The maximum atomic E-state index is 13.3. The van der Waals surface area contributed by atoms with Crippen molar-refractivity contribution in [2.24, 2.45) is 0 Å². The molecule has 0 aliphatic carbocycles. The summed E-state index contributed by atoms with van der Waals surface area (Å²) in [6.45, 7) is 8.40. The molecule has 5 rings (SSSR count). The van der Waals surface area contributed by atoms with E-state index in [0.29, 0.717) is 39.6 Å². The van der Waals surface area contributed by atoms with Crippen LogP contribution in [0.25, 0.3) is 22.4 Å². The Hall–Kier alpha value is -3.91. The van der Waals surface area contributed by atoms with Gasteiger partial charge in [-0.2, -0.15) is 0 Å². The minimum atomic E-state index is -0.163. The highest BCUT2D eigenvalue weighted by molar-refractivity contribution is 7.99. The molecule has 0 radical (unpaired) electrons. The highest BCUT2D eigenvalue weighted by Crippen LogP contribution is 2.25. The van der Waals surface area contributed by atoms with Crippen LogP contribution in [-0.2, 0) is 6.54 Å². The molecule has 0 spiro atoms. The van der Waals surface area contributed by atoms with Gasteiger partial charge in [0, 0.05) is 23.5 Å². The van der Waals surface area contributed by atoms with Gasteiger partial charge in [0.1, 0.15) is 0 Å². The average Bonchev–Trinajstić information content (AvgIpc) is 3.40. The predicted molar refractivity (Wildman–Crippen MR) is 135 cm³/mol. The summed E-state index contributed by atoms with van der Waals surface area (Å²) < 4.78 is 5.48. The number of fused-ring (bicyclic) bond motifs is 3. The number of carbonyl (C=O) groups is 1. The third kappa shape index (κ3) is 3.56. The SMILES string of the molecule is C=CCn1c(C)cc(C(=O)CSc2nnc3n(-c4ccccc4)c(=O)c4ccccc4n23)c1C. The van der Waals surface area contributed by atoms with E-state index in [1.165, 1.54) is 11.8 Å². The zero-order valence-electron chi connectivity index (χ0n) is 18.9. The van der Waals surface area contributed by atoms with Gasteiger partial charge in [0.2, 0.25) is 5.78 Å². The lowest BCUT2D eigenvalue weighted by Gasteiger charge is -2.11. The van der Waals surface area contributed by atoms with E-state index in [9.17, 15) is 9.59 Å². The van der Waals surface area contributed by atoms with Gasteiger partial charge in [-0.25, -0.2) is 4.57 Å². The lowest BCUT2D eigenvalue weighted by atomic mass is 10.2. The number of benzene rings is 2. The van der Waals surface area contributed by atoms with Crippen LogP contribution < -0.4 is 5.56 Å². The molecule has 0 amide bonds. The highest BCUT2D eigenvalue weighted by Gasteiger charge is 2.20. The molecule has 0 aliphatic rings. The Balaban J connectivity index is 1.58. The van der Waals surface area contributed by atoms with Crippen molar-refractivity contribution in [3.63, 3.8) is 0 Å². The first-order valence-electron chi connectivity index (χ1n) is 10.9. The normalized spacial score (nSPS) is 11.4. The van der Waals surface area contributed by atoms with E-state index >= 15 is 0 Å². The molecule has 0 N–H and O–H groups in total. The van der Waals surface area contributed by atoms with Gasteiger partial charge >= 0.3 is 0 Å². The molecule has 0 saturated heterocycles. The zero-order valence-corrected chi connectivity index (χ0v) is 19.7. The molecule has 170 valence electrons. The van der Waals surface area contributed by atoms with Crippen LogP contribution in [0.2, 0.25) is 0 Å². The second-order valence-electron chi connectivity index (χ2n) is 8.01. The van der Waals surface area contributed by atoms with E-state index in [1.54, 1.807) is 10.6 Å². The van der Waals surface area contributed by atoms with Crippen LogP contribution >= 0.6 is 11.8 Å². The smallest absolute Gasteiger partial charge is 0.267 e. The second-order valence-corrected chi connectivity index (χ2v) is 8.95. The monoisotopic (exact) mass is 469 g/mol. The molecule has 5 aromatic rings. The number of rotatable bonds is 7.